The highest BCUT2D eigenvalue weighted by atomic mass is 19.1. The van der Waals surface area contributed by atoms with Gasteiger partial charge in [-0.05, 0) is 30.7 Å². The lowest BCUT2D eigenvalue weighted by atomic mass is 10.1. The number of rotatable bonds is 3. The summed E-state index contributed by atoms with van der Waals surface area (Å²) in [7, 11) is 3.80. The highest BCUT2D eigenvalue weighted by molar-refractivity contribution is 5.52. The van der Waals surface area contributed by atoms with Gasteiger partial charge in [-0.3, -0.25) is 0 Å². The number of aliphatic hydroxyl groups excluding tert-OH is 1. The Morgan fingerprint density at radius 1 is 1.43 bits per heavy atom. The lowest BCUT2D eigenvalue weighted by molar-refractivity contribution is 0.195. The van der Waals surface area contributed by atoms with Crippen molar-refractivity contribution in [1.82, 2.24) is 0 Å². The van der Waals surface area contributed by atoms with Gasteiger partial charge in [-0.15, -0.1) is 0 Å². The monoisotopic (exact) mass is 197 g/mol. The minimum atomic E-state index is -0.449. The Morgan fingerprint density at radius 2 is 2.07 bits per heavy atom. The van der Waals surface area contributed by atoms with Crippen molar-refractivity contribution < 1.29 is 9.50 Å². The van der Waals surface area contributed by atoms with E-state index in [2.05, 4.69) is 0 Å². The Labute approximate surface area is 84.0 Å². The Hall–Kier alpha value is -1.09. The molecule has 0 aliphatic carbocycles. The van der Waals surface area contributed by atoms with Crippen molar-refractivity contribution >= 4 is 5.69 Å². The third kappa shape index (κ3) is 2.70. The lowest BCUT2D eigenvalue weighted by Crippen LogP contribution is -2.14. The normalized spacial score (nSPS) is 12.6. The van der Waals surface area contributed by atoms with Gasteiger partial charge in [0.25, 0.3) is 0 Å². The summed E-state index contributed by atoms with van der Waals surface area (Å²) >= 11 is 0. The van der Waals surface area contributed by atoms with Crippen LogP contribution in [-0.4, -0.2) is 25.3 Å². The third-order valence-corrected chi connectivity index (χ3v) is 2.04. The summed E-state index contributed by atoms with van der Waals surface area (Å²) in [6.45, 7) is 1.70. The summed E-state index contributed by atoms with van der Waals surface area (Å²) in [5, 5.41) is 9.26. The first kappa shape index (κ1) is 11.0. The largest absolute Gasteiger partial charge is 0.393 e. The van der Waals surface area contributed by atoms with Crippen LogP contribution in [0.4, 0.5) is 10.1 Å². The maximum atomic E-state index is 13.0. The molecule has 2 nitrogen and oxygen atoms in total. The van der Waals surface area contributed by atoms with E-state index < -0.39 is 6.10 Å². The molecule has 0 saturated carbocycles. The van der Waals surface area contributed by atoms with E-state index in [1.807, 2.05) is 19.0 Å². The molecule has 0 amide bonds. The molecular formula is C11H16FNO. The van der Waals surface area contributed by atoms with Gasteiger partial charge in [-0.1, -0.05) is 0 Å². The number of nitrogens with zero attached hydrogens (tertiary/aromatic N) is 1. The summed E-state index contributed by atoms with van der Waals surface area (Å²) < 4.78 is 13.0. The van der Waals surface area contributed by atoms with Gasteiger partial charge >= 0.3 is 0 Å². The molecule has 14 heavy (non-hydrogen) atoms. The molecule has 1 aromatic rings. The molecule has 1 aromatic carbocycles. The van der Waals surface area contributed by atoms with Gasteiger partial charge in [0.1, 0.15) is 5.82 Å². The van der Waals surface area contributed by atoms with Crippen LogP contribution in [-0.2, 0) is 6.42 Å². The Morgan fingerprint density at radius 3 is 2.57 bits per heavy atom. The molecular weight excluding hydrogens is 181 g/mol. The number of hydrogen-bond acceptors (Lipinski definition) is 2. The van der Waals surface area contributed by atoms with Gasteiger partial charge in [0.05, 0.1) is 6.10 Å². The van der Waals surface area contributed by atoms with Crippen molar-refractivity contribution in [3.05, 3.63) is 29.6 Å². The van der Waals surface area contributed by atoms with Crippen molar-refractivity contribution in [3.8, 4) is 0 Å². The highest BCUT2D eigenvalue weighted by Gasteiger charge is 2.08. The van der Waals surface area contributed by atoms with Gasteiger partial charge in [0.15, 0.2) is 0 Å². The second-order valence-electron chi connectivity index (χ2n) is 3.72. The van der Waals surface area contributed by atoms with Gasteiger partial charge in [-0.2, -0.15) is 0 Å². The summed E-state index contributed by atoms with van der Waals surface area (Å²) in [4.78, 5) is 1.91. The number of aliphatic hydroxyl groups is 1. The molecule has 78 valence electrons. The van der Waals surface area contributed by atoms with E-state index in [4.69, 9.17) is 0 Å². The molecule has 1 atom stereocenters. The van der Waals surface area contributed by atoms with Crippen LogP contribution in [0.1, 0.15) is 12.5 Å². The van der Waals surface area contributed by atoms with E-state index in [0.717, 1.165) is 11.3 Å². The fourth-order valence-corrected chi connectivity index (χ4v) is 1.47. The van der Waals surface area contributed by atoms with E-state index in [-0.39, 0.29) is 5.82 Å². The number of anilines is 1. The minimum Gasteiger partial charge on any atom is -0.393 e. The summed E-state index contributed by atoms with van der Waals surface area (Å²) in [5.41, 5.74) is 1.79. The zero-order chi connectivity index (χ0) is 10.7. The van der Waals surface area contributed by atoms with E-state index in [1.54, 1.807) is 13.0 Å². The average Bonchev–Trinajstić information content (AvgIpc) is 2.01. The minimum absolute atomic E-state index is 0.258. The maximum Gasteiger partial charge on any atom is 0.123 e. The van der Waals surface area contributed by atoms with Crippen LogP contribution in [0.2, 0.25) is 0 Å². The Bertz CT molecular complexity index is 310. The van der Waals surface area contributed by atoms with E-state index in [9.17, 15) is 9.50 Å². The molecule has 0 aliphatic heterocycles. The zero-order valence-corrected chi connectivity index (χ0v) is 8.79. The third-order valence-electron chi connectivity index (χ3n) is 2.04. The second kappa shape index (κ2) is 4.42. The van der Waals surface area contributed by atoms with Crippen molar-refractivity contribution in [1.29, 1.82) is 0 Å². The standard InChI is InChI=1S/C11H16FNO/c1-8(14)6-9-7-10(12)4-5-11(9)13(2)3/h4-5,7-8,14H,6H2,1-3H3/t8-/m0/s1. The van der Waals surface area contributed by atoms with Crippen LogP contribution in [0.3, 0.4) is 0 Å². The van der Waals surface area contributed by atoms with Crippen molar-refractivity contribution in [2.45, 2.75) is 19.4 Å². The van der Waals surface area contributed by atoms with Crippen LogP contribution in [0.15, 0.2) is 18.2 Å². The van der Waals surface area contributed by atoms with Gasteiger partial charge < -0.3 is 10.0 Å². The highest BCUT2D eigenvalue weighted by Crippen LogP contribution is 2.21. The average molecular weight is 197 g/mol. The molecule has 1 N–H and O–H groups in total. The zero-order valence-electron chi connectivity index (χ0n) is 8.79. The predicted molar refractivity (Wildman–Crippen MR) is 56.1 cm³/mol. The molecule has 0 aliphatic rings. The summed E-state index contributed by atoms with van der Waals surface area (Å²) in [6, 6.07) is 4.63. The molecule has 3 heteroatoms. The molecule has 0 heterocycles. The molecule has 0 aromatic heterocycles. The van der Waals surface area contributed by atoms with Crippen LogP contribution < -0.4 is 4.90 Å². The number of halogens is 1. The van der Waals surface area contributed by atoms with E-state index >= 15 is 0 Å². The number of benzene rings is 1. The number of hydrogen-bond donors (Lipinski definition) is 1. The molecule has 0 bridgehead atoms. The fourth-order valence-electron chi connectivity index (χ4n) is 1.47. The van der Waals surface area contributed by atoms with E-state index in [0.29, 0.717) is 6.42 Å². The molecule has 0 unspecified atom stereocenters. The van der Waals surface area contributed by atoms with Crippen molar-refractivity contribution in [3.63, 3.8) is 0 Å². The van der Waals surface area contributed by atoms with Crippen molar-refractivity contribution in [2.75, 3.05) is 19.0 Å². The lowest BCUT2D eigenvalue weighted by Gasteiger charge is -2.18. The molecule has 0 saturated heterocycles. The second-order valence-corrected chi connectivity index (χ2v) is 3.72. The van der Waals surface area contributed by atoms with Gasteiger partial charge in [-0.25, -0.2) is 4.39 Å². The first-order valence-electron chi connectivity index (χ1n) is 4.64. The smallest absolute Gasteiger partial charge is 0.123 e. The Kier molecular flexibility index (Phi) is 3.47. The molecule has 1 rings (SSSR count). The Balaban J connectivity index is 3.03. The fraction of sp³-hybridized carbons (Fsp3) is 0.455. The van der Waals surface area contributed by atoms with Crippen LogP contribution in [0.25, 0.3) is 0 Å². The summed E-state index contributed by atoms with van der Waals surface area (Å²) in [5.74, 6) is -0.258. The summed E-state index contributed by atoms with van der Waals surface area (Å²) in [6.07, 6.45) is 0.0288. The first-order chi connectivity index (χ1) is 6.50. The van der Waals surface area contributed by atoms with Crippen LogP contribution in [0.5, 0.6) is 0 Å². The maximum absolute atomic E-state index is 13.0. The van der Waals surface area contributed by atoms with E-state index in [1.165, 1.54) is 12.1 Å². The van der Waals surface area contributed by atoms with Gasteiger partial charge in [0, 0.05) is 26.2 Å². The molecule has 0 spiro atoms. The molecule has 0 radical (unpaired) electrons. The molecule has 0 fully saturated rings. The van der Waals surface area contributed by atoms with Gasteiger partial charge in [0.2, 0.25) is 0 Å². The topological polar surface area (TPSA) is 23.5 Å². The first-order valence-corrected chi connectivity index (χ1v) is 4.64. The van der Waals surface area contributed by atoms with Crippen LogP contribution in [0, 0.1) is 5.82 Å². The van der Waals surface area contributed by atoms with Crippen LogP contribution >= 0.6 is 0 Å². The quantitative estimate of drug-likeness (QED) is 0.799. The SMILES string of the molecule is C[C@H](O)Cc1cc(F)ccc1N(C)C. The predicted octanol–water partition coefficient (Wildman–Crippen LogP) is 1.81. The van der Waals surface area contributed by atoms with Crippen molar-refractivity contribution in [2.24, 2.45) is 0 Å².